The second kappa shape index (κ2) is 10.8. The van der Waals surface area contributed by atoms with E-state index in [1.165, 1.54) is 0 Å². The van der Waals surface area contributed by atoms with Crippen LogP contribution in [0.3, 0.4) is 0 Å². The molecule has 10 nitrogen and oxygen atoms in total. The van der Waals surface area contributed by atoms with Crippen LogP contribution in [0.1, 0.15) is 36.0 Å². The van der Waals surface area contributed by atoms with E-state index < -0.39 is 47.6 Å². The first-order valence-electron chi connectivity index (χ1n) is 10.9. The molecule has 0 fully saturated rings. The first-order chi connectivity index (χ1) is 16.2. The number of fused-ring (bicyclic) bond motifs is 2. The molecule has 1 heterocycles. The fourth-order valence-corrected chi connectivity index (χ4v) is 5.75. The number of benzene rings is 2. The maximum atomic E-state index is 11.3. The van der Waals surface area contributed by atoms with Gasteiger partial charge in [-0.1, -0.05) is 18.2 Å². The summed E-state index contributed by atoms with van der Waals surface area (Å²) in [6.45, 7) is 0. The van der Waals surface area contributed by atoms with Crippen molar-refractivity contribution >= 4 is 52.2 Å². The number of aromatic nitrogens is 1. The van der Waals surface area contributed by atoms with Crippen molar-refractivity contribution in [3.05, 3.63) is 53.1 Å². The van der Waals surface area contributed by atoms with Crippen molar-refractivity contribution in [3.8, 4) is 0 Å². The van der Waals surface area contributed by atoms with E-state index in [0.29, 0.717) is 16.6 Å². The van der Waals surface area contributed by atoms with E-state index in [2.05, 4.69) is 0 Å². The van der Waals surface area contributed by atoms with Gasteiger partial charge in [0.1, 0.15) is 0 Å². The highest BCUT2D eigenvalue weighted by atomic mass is 32.2. The molecule has 0 aliphatic rings. The first-order valence-corrected chi connectivity index (χ1v) is 15.7. The molecule has 0 aliphatic heterocycles. The van der Waals surface area contributed by atoms with Gasteiger partial charge in [0.15, 0.2) is 0 Å². The number of hydrogen-bond donors (Lipinski definition) is 3. The molecule has 0 spiro atoms. The fourth-order valence-electron chi connectivity index (χ4n) is 4.22. The molecule has 0 saturated heterocycles. The van der Waals surface area contributed by atoms with Gasteiger partial charge in [0.2, 0.25) is 0 Å². The van der Waals surface area contributed by atoms with Crippen LogP contribution in [0.25, 0.3) is 21.8 Å². The Hall–Kier alpha value is -2.16. The lowest BCUT2D eigenvalue weighted by Crippen LogP contribution is -2.11. The third kappa shape index (κ3) is 8.47. The Kier molecular flexibility index (Phi) is 8.50. The monoisotopic (exact) mass is 545 g/mol. The number of nitrogens with zero attached hydrogens (tertiary/aromatic N) is 1. The molecule has 0 amide bonds. The molecule has 0 saturated carbocycles. The number of para-hydroxylation sites is 1. The molecular weight excluding hydrogens is 518 g/mol. The predicted molar refractivity (Wildman–Crippen MR) is 133 cm³/mol. The average Bonchev–Trinajstić information content (AvgIpc) is 2.71. The van der Waals surface area contributed by atoms with Gasteiger partial charge in [-0.3, -0.25) is 13.7 Å². The van der Waals surface area contributed by atoms with Gasteiger partial charge in [0, 0.05) is 10.8 Å². The Morgan fingerprint density at radius 1 is 0.629 bits per heavy atom. The molecule has 13 heteroatoms. The van der Waals surface area contributed by atoms with Crippen molar-refractivity contribution in [2.24, 2.45) is 0 Å². The van der Waals surface area contributed by atoms with Crippen LogP contribution in [-0.4, -0.2) is 61.2 Å². The summed E-state index contributed by atoms with van der Waals surface area (Å²) in [5.41, 5.74) is 3.46. The maximum Gasteiger partial charge on any atom is 0.264 e. The molecule has 3 N–H and O–H groups in total. The van der Waals surface area contributed by atoms with Crippen molar-refractivity contribution in [1.82, 2.24) is 4.98 Å². The molecule has 192 valence electrons. The normalized spacial score (nSPS) is 13.0. The molecule has 0 atom stereocenters. The molecule has 35 heavy (non-hydrogen) atoms. The lowest BCUT2D eigenvalue weighted by molar-refractivity contribution is 0.478. The summed E-state index contributed by atoms with van der Waals surface area (Å²) in [4.78, 5) is 4.70. The van der Waals surface area contributed by atoms with Crippen molar-refractivity contribution in [2.75, 3.05) is 17.3 Å². The lowest BCUT2D eigenvalue weighted by atomic mass is 9.88. The molecule has 0 unspecified atom stereocenters. The SMILES string of the molecule is O=S(=O)(O)CCCc1cc2nc3ccccc3cc2c(CCCS(=O)(=O)O)c1CCCS(=O)(=O)O. The lowest BCUT2D eigenvalue weighted by Gasteiger charge is -2.19. The zero-order chi connectivity index (χ0) is 25.9. The van der Waals surface area contributed by atoms with Gasteiger partial charge in [-0.15, -0.1) is 0 Å². The minimum Gasteiger partial charge on any atom is -0.286 e. The van der Waals surface area contributed by atoms with Crippen molar-refractivity contribution in [2.45, 2.75) is 38.5 Å². The minimum absolute atomic E-state index is 0.0853. The molecule has 0 radical (unpaired) electrons. The van der Waals surface area contributed by atoms with Crippen LogP contribution >= 0.6 is 0 Å². The van der Waals surface area contributed by atoms with E-state index in [1.807, 2.05) is 30.3 Å². The van der Waals surface area contributed by atoms with E-state index in [4.69, 9.17) is 14.1 Å². The second-order valence-electron chi connectivity index (χ2n) is 8.41. The molecule has 1 aromatic heterocycles. The summed E-state index contributed by atoms with van der Waals surface area (Å²) in [6, 6.07) is 11.1. The number of rotatable bonds is 12. The molecular formula is C22H27NO9S3. The van der Waals surface area contributed by atoms with E-state index in [1.54, 1.807) is 6.07 Å². The summed E-state index contributed by atoms with van der Waals surface area (Å²) in [7, 11) is -12.6. The van der Waals surface area contributed by atoms with Gasteiger partial charge in [-0.25, -0.2) is 4.98 Å². The van der Waals surface area contributed by atoms with Gasteiger partial charge in [0.25, 0.3) is 30.4 Å². The second-order valence-corrected chi connectivity index (χ2v) is 13.1. The highest BCUT2D eigenvalue weighted by Gasteiger charge is 2.18. The topological polar surface area (TPSA) is 176 Å². The zero-order valence-electron chi connectivity index (χ0n) is 18.8. The standard InChI is InChI=1S/C22H27NO9S3/c24-33(25,26)11-3-7-16-15-22-20(14-17-6-1-2-10-21(17)23-22)19(9-5-13-35(30,31)32)18(16)8-4-12-34(27,28)29/h1-2,6,10,14-15H,3-5,7-9,11-13H2,(H,24,25,26)(H,27,28,29)(H,30,31,32). The van der Waals surface area contributed by atoms with Gasteiger partial charge >= 0.3 is 0 Å². The summed E-state index contributed by atoms with van der Waals surface area (Å²) >= 11 is 0. The Morgan fingerprint density at radius 3 is 1.71 bits per heavy atom. The summed E-state index contributed by atoms with van der Waals surface area (Å²) in [6.07, 6.45) is 1.00. The quantitative estimate of drug-likeness (QED) is 0.226. The van der Waals surface area contributed by atoms with Crippen LogP contribution in [0.2, 0.25) is 0 Å². The smallest absolute Gasteiger partial charge is 0.264 e. The number of pyridine rings is 1. The third-order valence-corrected chi connectivity index (χ3v) is 8.06. The molecule has 0 bridgehead atoms. The fraction of sp³-hybridized carbons (Fsp3) is 0.409. The minimum atomic E-state index is -4.20. The van der Waals surface area contributed by atoms with E-state index >= 15 is 0 Å². The summed E-state index contributed by atoms with van der Waals surface area (Å²) < 4.78 is 95.0. The van der Waals surface area contributed by atoms with Crippen LogP contribution in [0, 0.1) is 0 Å². The highest BCUT2D eigenvalue weighted by molar-refractivity contribution is 7.86. The van der Waals surface area contributed by atoms with Gasteiger partial charge < -0.3 is 0 Å². The van der Waals surface area contributed by atoms with Crippen molar-refractivity contribution in [1.29, 1.82) is 0 Å². The molecule has 3 aromatic rings. The Balaban J connectivity index is 2.14. The maximum absolute atomic E-state index is 11.3. The third-order valence-electron chi connectivity index (χ3n) is 5.65. The Bertz CT molecular complexity index is 1550. The van der Waals surface area contributed by atoms with E-state index in [9.17, 15) is 29.8 Å². The summed E-state index contributed by atoms with van der Waals surface area (Å²) in [5.74, 6) is -1.40. The molecule has 3 rings (SSSR count). The van der Waals surface area contributed by atoms with Crippen LogP contribution < -0.4 is 0 Å². The van der Waals surface area contributed by atoms with Crippen molar-refractivity contribution < 1.29 is 38.9 Å². The predicted octanol–water partition coefficient (Wildman–Crippen LogP) is 2.85. The van der Waals surface area contributed by atoms with Gasteiger partial charge in [0.05, 0.1) is 28.3 Å². The molecule has 2 aromatic carbocycles. The first kappa shape index (κ1) is 27.4. The highest BCUT2D eigenvalue weighted by Crippen LogP contribution is 2.31. The van der Waals surface area contributed by atoms with Gasteiger partial charge in [-0.05, 0) is 73.4 Å². The number of aryl methyl sites for hydroxylation is 2. The van der Waals surface area contributed by atoms with Crippen molar-refractivity contribution in [3.63, 3.8) is 0 Å². The van der Waals surface area contributed by atoms with E-state index in [-0.39, 0.29) is 38.5 Å². The number of hydrogen-bond acceptors (Lipinski definition) is 7. The zero-order valence-corrected chi connectivity index (χ0v) is 21.2. The summed E-state index contributed by atoms with van der Waals surface area (Å²) in [5, 5.41) is 1.58. The molecule has 0 aliphatic carbocycles. The Labute approximate surface area is 204 Å². The van der Waals surface area contributed by atoms with Crippen LogP contribution in [0.15, 0.2) is 36.4 Å². The van der Waals surface area contributed by atoms with E-state index in [0.717, 1.165) is 21.9 Å². The van der Waals surface area contributed by atoms with Crippen LogP contribution in [0.4, 0.5) is 0 Å². The Morgan fingerprint density at radius 2 is 1.14 bits per heavy atom. The van der Waals surface area contributed by atoms with Crippen LogP contribution in [-0.2, 0) is 49.6 Å². The average molecular weight is 546 g/mol. The van der Waals surface area contributed by atoms with Gasteiger partial charge in [-0.2, -0.15) is 25.3 Å². The largest absolute Gasteiger partial charge is 0.286 e. The van der Waals surface area contributed by atoms with Crippen LogP contribution in [0.5, 0.6) is 0 Å².